The van der Waals surface area contributed by atoms with Gasteiger partial charge in [0.1, 0.15) is 0 Å². The number of aliphatic hydroxyl groups is 1. The monoisotopic (exact) mass is 290 g/mol. The maximum absolute atomic E-state index is 12.5. The Labute approximate surface area is 127 Å². The van der Waals surface area contributed by atoms with Gasteiger partial charge in [-0.2, -0.15) is 0 Å². The van der Waals surface area contributed by atoms with Crippen LogP contribution in [-0.4, -0.2) is 35.2 Å². The number of carbonyl (C=O) groups is 1. The summed E-state index contributed by atoms with van der Waals surface area (Å²) in [5.41, 5.74) is 1.12. The summed E-state index contributed by atoms with van der Waals surface area (Å²) < 4.78 is 0. The topological polar surface area (TPSA) is 52.6 Å². The minimum Gasteiger partial charge on any atom is -0.396 e. The van der Waals surface area contributed by atoms with Crippen LogP contribution in [0, 0.1) is 5.92 Å². The molecule has 0 aliphatic heterocycles. The molecular formula is C17H26N2O2. The Bertz CT molecular complexity index is 436. The van der Waals surface area contributed by atoms with Crippen molar-refractivity contribution in [2.75, 3.05) is 13.2 Å². The molecule has 21 heavy (non-hydrogen) atoms. The predicted molar refractivity (Wildman–Crippen MR) is 83.9 cm³/mol. The van der Waals surface area contributed by atoms with Gasteiger partial charge < -0.3 is 15.3 Å². The van der Waals surface area contributed by atoms with Crippen LogP contribution in [0.5, 0.6) is 0 Å². The molecule has 1 aromatic carbocycles. The number of carbonyl (C=O) groups excluding carboxylic acids is 1. The van der Waals surface area contributed by atoms with Crippen LogP contribution in [0.4, 0.5) is 4.79 Å². The smallest absolute Gasteiger partial charge is 0.317 e. The Hall–Kier alpha value is -1.55. The van der Waals surface area contributed by atoms with Crippen LogP contribution in [0.1, 0.15) is 38.2 Å². The number of hydrogen-bond acceptors (Lipinski definition) is 2. The van der Waals surface area contributed by atoms with Gasteiger partial charge in [0.15, 0.2) is 0 Å². The van der Waals surface area contributed by atoms with Crippen LogP contribution in [0.3, 0.4) is 0 Å². The molecule has 0 aromatic heterocycles. The average Bonchev–Trinajstić information content (AvgIpc) is 2.89. The van der Waals surface area contributed by atoms with Crippen LogP contribution >= 0.6 is 0 Å². The highest BCUT2D eigenvalue weighted by atomic mass is 16.3. The van der Waals surface area contributed by atoms with E-state index in [0.29, 0.717) is 31.5 Å². The molecule has 0 saturated heterocycles. The van der Waals surface area contributed by atoms with Crippen LogP contribution in [0.2, 0.25) is 0 Å². The Kier molecular flexibility index (Phi) is 6.05. The summed E-state index contributed by atoms with van der Waals surface area (Å²) in [4.78, 5) is 14.3. The molecule has 4 nitrogen and oxygen atoms in total. The molecular weight excluding hydrogens is 264 g/mol. The van der Waals surface area contributed by atoms with E-state index < -0.39 is 0 Å². The number of amides is 2. The number of nitrogens with zero attached hydrogens (tertiary/aromatic N) is 1. The van der Waals surface area contributed by atoms with Crippen molar-refractivity contribution >= 4 is 6.03 Å². The lowest BCUT2D eigenvalue weighted by molar-refractivity contribution is 0.180. The van der Waals surface area contributed by atoms with Gasteiger partial charge in [-0.3, -0.25) is 0 Å². The summed E-state index contributed by atoms with van der Waals surface area (Å²) in [6.07, 6.45) is 4.08. The maximum atomic E-state index is 12.5. The Morgan fingerprint density at radius 1 is 1.33 bits per heavy atom. The van der Waals surface area contributed by atoms with Crippen molar-refractivity contribution in [3.8, 4) is 0 Å². The summed E-state index contributed by atoms with van der Waals surface area (Å²) in [7, 11) is 0. The van der Waals surface area contributed by atoms with E-state index in [0.717, 1.165) is 12.0 Å². The van der Waals surface area contributed by atoms with E-state index in [1.165, 1.54) is 12.8 Å². The molecule has 1 fully saturated rings. The largest absolute Gasteiger partial charge is 0.396 e. The van der Waals surface area contributed by atoms with Crippen LogP contribution in [0.15, 0.2) is 30.3 Å². The molecule has 2 atom stereocenters. The van der Waals surface area contributed by atoms with Crippen molar-refractivity contribution in [2.24, 2.45) is 5.92 Å². The highest BCUT2D eigenvalue weighted by Gasteiger charge is 2.26. The van der Waals surface area contributed by atoms with Crippen molar-refractivity contribution in [3.63, 3.8) is 0 Å². The summed E-state index contributed by atoms with van der Waals surface area (Å²) in [5.74, 6) is 0.561. The summed E-state index contributed by atoms with van der Waals surface area (Å²) >= 11 is 0. The second-order valence-electron chi connectivity index (χ2n) is 5.95. The lowest BCUT2D eigenvalue weighted by Crippen LogP contribution is -2.45. The Morgan fingerprint density at radius 3 is 2.71 bits per heavy atom. The zero-order chi connectivity index (χ0) is 15.1. The first-order chi connectivity index (χ1) is 10.2. The van der Waals surface area contributed by atoms with E-state index in [-0.39, 0.29) is 12.6 Å². The van der Waals surface area contributed by atoms with E-state index in [1.54, 1.807) is 4.90 Å². The molecule has 0 radical (unpaired) electrons. The molecule has 0 heterocycles. The minimum absolute atomic E-state index is 0.00828. The van der Waals surface area contributed by atoms with E-state index in [2.05, 4.69) is 12.2 Å². The molecule has 116 valence electrons. The maximum Gasteiger partial charge on any atom is 0.317 e. The molecule has 0 spiro atoms. The standard InChI is InChI=1S/C17H26N2O2/c1-14-7-5-10-16(14)18-17(21)19(11-6-12-20)13-15-8-3-2-4-9-15/h2-4,8-9,14,16,20H,5-7,10-13H2,1H3,(H,18,21)/t14-,16+/m0/s1. The first-order valence-corrected chi connectivity index (χ1v) is 7.91. The summed E-state index contributed by atoms with van der Waals surface area (Å²) in [6, 6.07) is 10.3. The lowest BCUT2D eigenvalue weighted by Gasteiger charge is -2.26. The molecule has 0 unspecified atom stereocenters. The zero-order valence-corrected chi connectivity index (χ0v) is 12.8. The van der Waals surface area contributed by atoms with Crippen molar-refractivity contribution in [2.45, 2.75) is 45.2 Å². The average molecular weight is 290 g/mol. The van der Waals surface area contributed by atoms with E-state index in [9.17, 15) is 4.79 Å². The lowest BCUT2D eigenvalue weighted by atomic mass is 10.1. The number of aliphatic hydroxyl groups excluding tert-OH is 1. The quantitative estimate of drug-likeness (QED) is 0.846. The molecule has 1 aromatic rings. The van der Waals surface area contributed by atoms with Gasteiger partial charge in [-0.05, 0) is 30.7 Å². The van der Waals surface area contributed by atoms with E-state index >= 15 is 0 Å². The van der Waals surface area contributed by atoms with Gasteiger partial charge in [0.2, 0.25) is 0 Å². The van der Waals surface area contributed by atoms with E-state index in [4.69, 9.17) is 5.11 Å². The third kappa shape index (κ3) is 4.74. The van der Waals surface area contributed by atoms with Gasteiger partial charge in [0.25, 0.3) is 0 Å². The number of rotatable bonds is 6. The summed E-state index contributed by atoms with van der Waals surface area (Å²) in [6.45, 7) is 3.48. The van der Waals surface area contributed by atoms with Crippen molar-refractivity contribution in [1.82, 2.24) is 10.2 Å². The zero-order valence-electron chi connectivity index (χ0n) is 12.8. The van der Waals surface area contributed by atoms with Gasteiger partial charge in [-0.15, -0.1) is 0 Å². The van der Waals surface area contributed by atoms with Gasteiger partial charge in [0, 0.05) is 25.7 Å². The molecule has 0 bridgehead atoms. The predicted octanol–water partition coefficient (Wildman–Crippen LogP) is 2.77. The van der Waals surface area contributed by atoms with Crippen molar-refractivity contribution < 1.29 is 9.90 Å². The molecule has 4 heteroatoms. The fourth-order valence-electron chi connectivity index (χ4n) is 2.93. The number of urea groups is 1. The number of nitrogens with one attached hydrogen (secondary N) is 1. The highest BCUT2D eigenvalue weighted by molar-refractivity contribution is 5.74. The minimum atomic E-state index is -0.00828. The third-order valence-electron chi connectivity index (χ3n) is 4.26. The molecule has 2 amide bonds. The van der Waals surface area contributed by atoms with Crippen LogP contribution in [-0.2, 0) is 6.54 Å². The first-order valence-electron chi connectivity index (χ1n) is 7.91. The first kappa shape index (κ1) is 15.8. The van der Waals surface area contributed by atoms with Gasteiger partial charge in [0.05, 0.1) is 0 Å². The molecule has 1 aliphatic carbocycles. The fraction of sp³-hybridized carbons (Fsp3) is 0.588. The summed E-state index contributed by atoms with van der Waals surface area (Å²) in [5, 5.41) is 12.2. The van der Waals surface area contributed by atoms with Crippen LogP contribution < -0.4 is 5.32 Å². The van der Waals surface area contributed by atoms with Gasteiger partial charge in [-0.25, -0.2) is 4.79 Å². The molecule has 2 N–H and O–H groups in total. The second kappa shape index (κ2) is 8.03. The van der Waals surface area contributed by atoms with Crippen LogP contribution in [0.25, 0.3) is 0 Å². The highest BCUT2D eigenvalue weighted by Crippen LogP contribution is 2.25. The molecule has 2 rings (SSSR count). The molecule has 1 aliphatic rings. The van der Waals surface area contributed by atoms with Gasteiger partial charge >= 0.3 is 6.03 Å². The van der Waals surface area contributed by atoms with Gasteiger partial charge in [-0.1, -0.05) is 43.7 Å². The fourth-order valence-corrected chi connectivity index (χ4v) is 2.93. The number of benzene rings is 1. The normalized spacial score (nSPS) is 21.2. The molecule has 1 saturated carbocycles. The van der Waals surface area contributed by atoms with Crippen molar-refractivity contribution in [3.05, 3.63) is 35.9 Å². The van der Waals surface area contributed by atoms with Crippen molar-refractivity contribution in [1.29, 1.82) is 0 Å². The number of hydrogen-bond donors (Lipinski definition) is 2. The Balaban J connectivity index is 1.95. The third-order valence-corrected chi connectivity index (χ3v) is 4.26. The SMILES string of the molecule is C[C@H]1CCC[C@H]1NC(=O)N(CCCO)Cc1ccccc1. The second-order valence-corrected chi connectivity index (χ2v) is 5.95. The van der Waals surface area contributed by atoms with E-state index in [1.807, 2.05) is 30.3 Å². The Morgan fingerprint density at radius 2 is 2.10 bits per heavy atom.